The summed E-state index contributed by atoms with van der Waals surface area (Å²) < 4.78 is 0. The predicted molar refractivity (Wildman–Crippen MR) is 62.5 cm³/mol. The minimum Gasteiger partial charge on any atom is -0.477 e. The number of carbonyl (C=O) groups is 1. The molecule has 0 spiro atoms. The summed E-state index contributed by atoms with van der Waals surface area (Å²) in [6.07, 6.45) is 1.13. The van der Waals surface area contributed by atoms with Gasteiger partial charge in [0.2, 0.25) is 0 Å². The van der Waals surface area contributed by atoms with Crippen LogP contribution in [0.2, 0.25) is 0 Å². The van der Waals surface area contributed by atoms with Crippen molar-refractivity contribution in [3.05, 3.63) is 21.9 Å². The number of nitrogens with zero attached hydrogens (tertiary/aromatic N) is 1. The summed E-state index contributed by atoms with van der Waals surface area (Å²) in [5.41, 5.74) is 0. The summed E-state index contributed by atoms with van der Waals surface area (Å²) >= 11 is 1.37. The van der Waals surface area contributed by atoms with Crippen LogP contribution in [0.25, 0.3) is 0 Å². The Morgan fingerprint density at radius 2 is 2.20 bits per heavy atom. The van der Waals surface area contributed by atoms with Crippen molar-refractivity contribution >= 4 is 17.3 Å². The zero-order chi connectivity index (χ0) is 11.3. The molecule has 1 N–H and O–H groups in total. The SMILES string of the molecule is CCCN(CC)Cc1ccc(C(=O)O)s1. The lowest BCUT2D eigenvalue weighted by Gasteiger charge is -2.18. The van der Waals surface area contributed by atoms with Gasteiger partial charge >= 0.3 is 5.97 Å². The Labute approximate surface area is 94.3 Å². The van der Waals surface area contributed by atoms with Crippen LogP contribution in [-0.2, 0) is 6.54 Å². The predicted octanol–water partition coefficient (Wildman–Crippen LogP) is 2.68. The number of rotatable bonds is 6. The lowest BCUT2D eigenvalue weighted by molar-refractivity contribution is 0.0702. The molecule has 4 heteroatoms. The van der Waals surface area contributed by atoms with Crippen molar-refractivity contribution in [2.45, 2.75) is 26.8 Å². The standard InChI is InChI=1S/C11H17NO2S/c1-3-7-12(4-2)8-9-5-6-10(15-9)11(13)14/h5-6H,3-4,7-8H2,1-2H3,(H,13,14). The van der Waals surface area contributed by atoms with Gasteiger partial charge in [0.05, 0.1) is 0 Å². The Bertz CT molecular complexity index is 322. The molecular formula is C11H17NO2S. The highest BCUT2D eigenvalue weighted by Crippen LogP contribution is 2.18. The van der Waals surface area contributed by atoms with Crippen molar-refractivity contribution in [2.24, 2.45) is 0 Å². The third-order valence-electron chi connectivity index (χ3n) is 2.24. The smallest absolute Gasteiger partial charge is 0.345 e. The van der Waals surface area contributed by atoms with Crippen molar-refractivity contribution in [3.63, 3.8) is 0 Å². The van der Waals surface area contributed by atoms with Gasteiger partial charge in [0.15, 0.2) is 0 Å². The van der Waals surface area contributed by atoms with E-state index in [-0.39, 0.29) is 0 Å². The summed E-state index contributed by atoms with van der Waals surface area (Å²) in [6, 6.07) is 3.59. The molecule has 84 valence electrons. The van der Waals surface area contributed by atoms with Gasteiger partial charge in [-0.25, -0.2) is 4.79 Å². The molecule has 1 heterocycles. The fourth-order valence-corrected chi connectivity index (χ4v) is 2.35. The Hall–Kier alpha value is -0.870. The van der Waals surface area contributed by atoms with Crippen LogP contribution < -0.4 is 0 Å². The van der Waals surface area contributed by atoms with Gasteiger partial charge in [0, 0.05) is 11.4 Å². The fourth-order valence-electron chi connectivity index (χ4n) is 1.46. The van der Waals surface area contributed by atoms with Crippen LogP contribution in [0.1, 0.15) is 34.8 Å². The molecule has 0 unspecified atom stereocenters. The van der Waals surface area contributed by atoms with Crippen molar-refractivity contribution in [3.8, 4) is 0 Å². The average molecular weight is 227 g/mol. The van der Waals surface area contributed by atoms with Gasteiger partial charge in [-0.2, -0.15) is 0 Å². The third kappa shape index (κ3) is 3.64. The second-order valence-corrected chi connectivity index (χ2v) is 4.61. The first-order valence-corrected chi connectivity index (χ1v) is 6.03. The lowest BCUT2D eigenvalue weighted by atomic mass is 10.3. The van der Waals surface area contributed by atoms with Crippen LogP contribution in [0, 0.1) is 0 Å². The number of hydrogen-bond acceptors (Lipinski definition) is 3. The van der Waals surface area contributed by atoms with E-state index in [1.165, 1.54) is 11.3 Å². The van der Waals surface area contributed by atoms with E-state index in [1.54, 1.807) is 6.07 Å². The Morgan fingerprint density at radius 1 is 1.47 bits per heavy atom. The molecule has 0 aliphatic heterocycles. The number of hydrogen-bond donors (Lipinski definition) is 1. The van der Waals surface area contributed by atoms with Crippen LogP contribution in [0.3, 0.4) is 0 Å². The number of carboxylic acids is 1. The van der Waals surface area contributed by atoms with Crippen LogP contribution in [0.15, 0.2) is 12.1 Å². The fraction of sp³-hybridized carbons (Fsp3) is 0.545. The lowest BCUT2D eigenvalue weighted by Crippen LogP contribution is -2.22. The van der Waals surface area contributed by atoms with Crippen molar-refractivity contribution in [2.75, 3.05) is 13.1 Å². The number of aromatic carboxylic acids is 1. The first-order valence-electron chi connectivity index (χ1n) is 5.21. The Balaban J connectivity index is 2.59. The average Bonchev–Trinajstić information content (AvgIpc) is 2.65. The molecule has 0 radical (unpaired) electrons. The van der Waals surface area contributed by atoms with Crippen LogP contribution in [0.5, 0.6) is 0 Å². The van der Waals surface area contributed by atoms with Crippen molar-refractivity contribution in [1.82, 2.24) is 4.90 Å². The maximum atomic E-state index is 10.7. The molecule has 0 aromatic carbocycles. The van der Waals surface area contributed by atoms with E-state index in [9.17, 15) is 4.79 Å². The monoisotopic (exact) mass is 227 g/mol. The molecule has 1 aromatic heterocycles. The molecule has 1 rings (SSSR count). The molecular weight excluding hydrogens is 210 g/mol. The maximum Gasteiger partial charge on any atom is 0.345 e. The number of thiophene rings is 1. The first-order chi connectivity index (χ1) is 7.17. The molecule has 0 aliphatic rings. The molecule has 0 amide bonds. The van der Waals surface area contributed by atoms with E-state index >= 15 is 0 Å². The van der Waals surface area contributed by atoms with E-state index < -0.39 is 5.97 Å². The molecule has 15 heavy (non-hydrogen) atoms. The van der Waals surface area contributed by atoms with Gasteiger partial charge in [-0.3, -0.25) is 4.90 Å². The molecule has 0 bridgehead atoms. The summed E-state index contributed by atoms with van der Waals surface area (Å²) in [4.78, 5) is 14.6. The van der Waals surface area contributed by atoms with E-state index in [1.807, 2.05) is 6.07 Å². The molecule has 0 aliphatic carbocycles. The summed E-state index contributed by atoms with van der Waals surface area (Å²) in [6.45, 7) is 7.22. The molecule has 3 nitrogen and oxygen atoms in total. The van der Waals surface area contributed by atoms with Gasteiger partial charge < -0.3 is 5.11 Å². The van der Waals surface area contributed by atoms with Gasteiger partial charge in [-0.05, 0) is 31.6 Å². The highest BCUT2D eigenvalue weighted by atomic mass is 32.1. The molecule has 0 fully saturated rings. The number of carboxylic acid groups (broad SMARTS) is 1. The molecule has 0 saturated carbocycles. The highest BCUT2D eigenvalue weighted by molar-refractivity contribution is 7.13. The largest absolute Gasteiger partial charge is 0.477 e. The minimum atomic E-state index is -0.829. The van der Waals surface area contributed by atoms with E-state index in [2.05, 4.69) is 18.7 Å². The van der Waals surface area contributed by atoms with E-state index in [0.29, 0.717) is 4.88 Å². The maximum absolute atomic E-state index is 10.7. The summed E-state index contributed by atoms with van der Waals surface area (Å²) in [5, 5.41) is 8.79. The second kappa shape index (κ2) is 5.88. The molecule has 0 atom stereocenters. The molecule has 1 aromatic rings. The van der Waals surface area contributed by atoms with Crippen LogP contribution in [-0.4, -0.2) is 29.1 Å². The quantitative estimate of drug-likeness (QED) is 0.812. The Kier molecular flexibility index (Phi) is 4.78. The van der Waals surface area contributed by atoms with Gasteiger partial charge in [-0.1, -0.05) is 13.8 Å². The highest BCUT2D eigenvalue weighted by Gasteiger charge is 2.09. The summed E-state index contributed by atoms with van der Waals surface area (Å²) in [7, 11) is 0. The second-order valence-electron chi connectivity index (χ2n) is 3.44. The van der Waals surface area contributed by atoms with Gasteiger partial charge in [0.25, 0.3) is 0 Å². The van der Waals surface area contributed by atoms with Crippen molar-refractivity contribution < 1.29 is 9.90 Å². The van der Waals surface area contributed by atoms with E-state index in [0.717, 1.165) is 30.9 Å². The minimum absolute atomic E-state index is 0.428. The zero-order valence-electron chi connectivity index (χ0n) is 9.19. The summed E-state index contributed by atoms with van der Waals surface area (Å²) in [5.74, 6) is -0.829. The normalized spacial score (nSPS) is 10.9. The topological polar surface area (TPSA) is 40.5 Å². The van der Waals surface area contributed by atoms with Gasteiger partial charge in [0.1, 0.15) is 4.88 Å². The third-order valence-corrected chi connectivity index (χ3v) is 3.30. The van der Waals surface area contributed by atoms with Gasteiger partial charge in [-0.15, -0.1) is 11.3 Å². The molecule has 0 saturated heterocycles. The van der Waals surface area contributed by atoms with Crippen LogP contribution >= 0.6 is 11.3 Å². The van der Waals surface area contributed by atoms with Crippen LogP contribution in [0.4, 0.5) is 0 Å². The van der Waals surface area contributed by atoms with E-state index in [4.69, 9.17) is 5.11 Å². The van der Waals surface area contributed by atoms with Crippen molar-refractivity contribution in [1.29, 1.82) is 0 Å². The first kappa shape index (κ1) is 12.2. The zero-order valence-corrected chi connectivity index (χ0v) is 10.0. The Morgan fingerprint density at radius 3 is 2.67 bits per heavy atom.